The van der Waals surface area contributed by atoms with Gasteiger partial charge in [0.05, 0.1) is 5.69 Å². The highest BCUT2D eigenvalue weighted by molar-refractivity contribution is 5.86. The molecule has 0 atom stereocenters. The van der Waals surface area contributed by atoms with E-state index in [1.807, 2.05) is 0 Å². The van der Waals surface area contributed by atoms with Crippen LogP contribution >= 0.6 is 0 Å². The molecule has 0 aliphatic rings. The van der Waals surface area contributed by atoms with Crippen molar-refractivity contribution in [3.8, 4) is 33.6 Å². The van der Waals surface area contributed by atoms with Gasteiger partial charge in [-0.1, -0.05) is 106 Å². The third-order valence-corrected chi connectivity index (χ3v) is 5.03. The van der Waals surface area contributed by atoms with E-state index in [9.17, 15) is 0 Å². The van der Waals surface area contributed by atoms with Gasteiger partial charge in [-0.25, -0.2) is 0 Å². The van der Waals surface area contributed by atoms with Crippen molar-refractivity contribution in [3.63, 3.8) is 0 Å². The lowest BCUT2D eigenvalue weighted by atomic mass is 9.86. The van der Waals surface area contributed by atoms with Crippen LogP contribution in [0.2, 0.25) is 0 Å². The summed E-state index contributed by atoms with van der Waals surface area (Å²) in [5, 5.41) is 0. The lowest BCUT2D eigenvalue weighted by molar-refractivity contribution is 0.590. The van der Waals surface area contributed by atoms with Crippen molar-refractivity contribution in [2.75, 3.05) is 0 Å². The Morgan fingerprint density at radius 3 is 1.70 bits per heavy atom. The van der Waals surface area contributed by atoms with Crippen molar-refractivity contribution in [3.05, 3.63) is 96.6 Å². The predicted octanol–water partition coefficient (Wildman–Crippen LogP) is 7.31. The van der Waals surface area contributed by atoms with Gasteiger partial charge in [0, 0.05) is 11.3 Å². The Hall–Kier alpha value is -3.06. The predicted molar refractivity (Wildman–Crippen MR) is 116 cm³/mol. The second-order valence-electron chi connectivity index (χ2n) is 8.03. The van der Waals surface area contributed by atoms with Crippen LogP contribution in [0.5, 0.6) is 0 Å². The highest BCUT2D eigenvalue weighted by Crippen LogP contribution is 2.36. The molecule has 0 saturated carbocycles. The minimum atomic E-state index is 0.158. The number of hydrogen-bond acceptors (Lipinski definition) is 0. The molecule has 4 aromatic rings. The van der Waals surface area contributed by atoms with Crippen LogP contribution in [0.15, 0.2) is 91.0 Å². The molecule has 0 aliphatic carbocycles. The number of H-pyrrole nitrogens is 1. The second-order valence-corrected chi connectivity index (χ2v) is 8.03. The molecule has 0 unspecified atom stereocenters. The molecule has 0 saturated heterocycles. The zero-order chi connectivity index (χ0) is 18.9. The molecule has 0 amide bonds. The van der Waals surface area contributed by atoms with Crippen molar-refractivity contribution in [1.82, 2.24) is 4.98 Å². The molecule has 0 fully saturated rings. The quantitative estimate of drug-likeness (QED) is 0.398. The first-order valence-electron chi connectivity index (χ1n) is 9.47. The van der Waals surface area contributed by atoms with Crippen molar-refractivity contribution in [2.24, 2.45) is 0 Å². The Kier molecular flexibility index (Phi) is 4.45. The average Bonchev–Trinajstić information content (AvgIpc) is 3.14. The minimum absolute atomic E-state index is 0.158. The van der Waals surface area contributed by atoms with E-state index in [4.69, 9.17) is 0 Å². The molecular formula is C26H25N. The summed E-state index contributed by atoms with van der Waals surface area (Å²) in [5.74, 6) is 0. The highest BCUT2D eigenvalue weighted by Gasteiger charge is 2.16. The van der Waals surface area contributed by atoms with Crippen LogP contribution in [0, 0.1) is 0 Å². The van der Waals surface area contributed by atoms with Crippen LogP contribution in [0.4, 0.5) is 0 Å². The van der Waals surface area contributed by atoms with Gasteiger partial charge in [0.1, 0.15) is 0 Å². The number of nitrogens with one attached hydrogen (secondary N) is 1. The molecule has 1 N–H and O–H groups in total. The zero-order valence-electron chi connectivity index (χ0n) is 16.2. The van der Waals surface area contributed by atoms with E-state index >= 15 is 0 Å². The van der Waals surface area contributed by atoms with E-state index in [-0.39, 0.29) is 5.41 Å². The summed E-state index contributed by atoms with van der Waals surface area (Å²) in [6.07, 6.45) is 0. The van der Waals surface area contributed by atoms with E-state index in [1.165, 1.54) is 33.5 Å². The molecule has 0 radical (unpaired) electrons. The Balaban J connectivity index is 1.85. The van der Waals surface area contributed by atoms with Crippen LogP contribution in [0.3, 0.4) is 0 Å². The summed E-state index contributed by atoms with van der Waals surface area (Å²) in [5.41, 5.74) is 8.69. The van der Waals surface area contributed by atoms with Crippen molar-refractivity contribution < 1.29 is 0 Å². The molecule has 134 valence electrons. The van der Waals surface area contributed by atoms with E-state index in [0.717, 1.165) is 5.69 Å². The molecular weight excluding hydrogens is 326 g/mol. The molecule has 3 aromatic carbocycles. The van der Waals surface area contributed by atoms with Crippen LogP contribution in [0.1, 0.15) is 26.3 Å². The molecule has 1 aromatic heterocycles. The molecule has 1 heterocycles. The summed E-state index contributed by atoms with van der Waals surface area (Å²) < 4.78 is 0. The Morgan fingerprint density at radius 2 is 1.15 bits per heavy atom. The lowest BCUT2D eigenvalue weighted by Gasteiger charge is -2.19. The topological polar surface area (TPSA) is 15.8 Å². The summed E-state index contributed by atoms with van der Waals surface area (Å²) in [7, 11) is 0. The third kappa shape index (κ3) is 3.59. The van der Waals surface area contributed by atoms with Gasteiger partial charge < -0.3 is 4.98 Å². The summed E-state index contributed by atoms with van der Waals surface area (Å²) in [6, 6.07) is 32.3. The Bertz CT molecular complexity index is 1020. The fourth-order valence-electron chi connectivity index (χ4n) is 3.44. The maximum atomic E-state index is 3.67. The van der Waals surface area contributed by atoms with Crippen molar-refractivity contribution in [2.45, 2.75) is 26.2 Å². The van der Waals surface area contributed by atoms with Gasteiger partial charge in [0.15, 0.2) is 0 Å². The van der Waals surface area contributed by atoms with E-state index in [1.54, 1.807) is 0 Å². The van der Waals surface area contributed by atoms with E-state index in [0.29, 0.717) is 0 Å². The third-order valence-electron chi connectivity index (χ3n) is 5.03. The zero-order valence-corrected chi connectivity index (χ0v) is 16.2. The van der Waals surface area contributed by atoms with Crippen LogP contribution in [0.25, 0.3) is 33.6 Å². The van der Waals surface area contributed by atoms with Crippen molar-refractivity contribution in [1.29, 1.82) is 0 Å². The van der Waals surface area contributed by atoms with Gasteiger partial charge >= 0.3 is 0 Å². The lowest BCUT2D eigenvalue weighted by Crippen LogP contribution is -2.10. The minimum Gasteiger partial charge on any atom is -0.354 e. The SMILES string of the molecule is CC(C)(C)c1ccc(-c2[nH]c(-c3ccccc3)cc2-c2ccccc2)cc1. The smallest absolute Gasteiger partial charge is 0.0538 e. The van der Waals surface area contributed by atoms with Gasteiger partial charge in [0.25, 0.3) is 0 Å². The fourth-order valence-corrected chi connectivity index (χ4v) is 3.44. The summed E-state index contributed by atoms with van der Waals surface area (Å²) in [4.78, 5) is 3.67. The molecule has 0 bridgehead atoms. The standard InChI is InChI=1S/C26H25N/c1-26(2,3)22-16-14-21(15-17-22)25-23(19-10-6-4-7-11-19)18-24(27-25)20-12-8-5-9-13-20/h4-18,27H,1-3H3. The average molecular weight is 351 g/mol. The van der Waals surface area contributed by atoms with Crippen molar-refractivity contribution >= 4 is 0 Å². The molecule has 1 heteroatoms. The number of hydrogen-bond donors (Lipinski definition) is 1. The highest BCUT2D eigenvalue weighted by atomic mass is 14.7. The van der Waals surface area contributed by atoms with E-state index in [2.05, 4.69) is 117 Å². The normalized spacial score (nSPS) is 11.5. The molecule has 1 nitrogen and oxygen atoms in total. The van der Waals surface area contributed by atoms with Gasteiger partial charge in [-0.2, -0.15) is 0 Å². The fraction of sp³-hybridized carbons (Fsp3) is 0.154. The molecule has 0 aliphatic heterocycles. The van der Waals surface area contributed by atoms with Crippen LogP contribution in [-0.4, -0.2) is 4.98 Å². The van der Waals surface area contributed by atoms with Crippen LogP contribution < -0.4 is 0 Å². The van der Waals surface area contributed by atoms with Gasteiger partial charge in [0.2, 0.25) is 0 Å². The Morgan fingerprint density at radius 1 is 0.593 bits per heavy atom. The molecule has 0 spiro atoms. The number of benzene rings is 3. The second kappa shape index (κ2) is 6.92. The number of aromatic amines is 1. The van der Waals surface area contributed by atoms with Gasteiger partial charge in [-0.3, -0.25) is 0 Å². The molecule has 27 heavy (non-hydrogen) atoms. The number of rotatable bonds is 3. The van der Waals surface area contributed by atoms with Gasteiger partial charge in [-0.15, -0.1) is 0 Å². The Labute approximate surface area is 161 Å². The first-order valence-corrected chi connectivity index (χ1v) is 9.47. The monoisotopic (exact) mass is 351 g/mol. The summed E-state index contributed by atoms with van der Waals surface area (Å²) >= 11 is 0. The summed E-state index contributed by atoms with van der Waals surface area (Å²) in [6.45, 7) is 6.75. The maximum absolute atomic E-state index is 3.67. The van der Waals surface area contributed by atoms with E-state index < -0.39 is 0 Å². The maximum Gasteiger partial charge on any atom is 0.0538 e. The van der Waals surface area contributed by atoms with Crippen LogP contribution in [-0.2, 0) is 5.41 Å². The first-order chi connectivity index (χ1) is 13.0. The van der Waals surface area contributed by atoms with Gasteiger partial charge in [-0.05, 0) is 33.7 Å². The first kappa shape index (κ1) is 17.4. The number of aromatic nitrogens is 1. The molecule has 4 rings (SSSR count). The largest absolute Gasteiger partial charge is 0.354 e.